The standard InChI is InChI=1S/C28H31ClN4O6S/c1-3-16-30-28(35)26(17-21-10-5-4-6-11-21)31(19-22-12-7-8-15-25(22)29)27(34)20-32(40(2,38)39)23-13-9-14-24(18-23)33(36)37/h4-15,18,26H,3,16-17,19-20H2,1-2H3,(H,30,35)/t26-/m0/s1. The number of carbonyl (C=O) groups is 2. The summed E-state index contributed by atoms with van der Waals surface area (Å²) in [6.07, 6.45) is 1.76. The minimum atomic E-state index is -4.05. The molecule has 40 heavy (non-hydrogen) atoms. The number of nitro benzene ring substituents is 1. The van der Waals surface area contributed by atoms with Gasteiger partial charge in [-0.1, -0.05) is 73.1 Å². The van der Waals surface area contributed by atoms with Gasteiger partial charge in [0.2, 0.25) is 21.8 Å². The van der Waals surface area contributed by atoms with Crippen molar-refractivity contribution in [1.29, 1.82) is 0 Å². The fourth-order valence-corrected chi connectivity index (χ4v) is 5.14. The maximum Gasteiger partial charge on any atom is 0.271 e. The molecule has 3 rings (SSSR count). The van der Waals surface area contributed by atoms with Gasteiger partial charge in [0.1, 0.15) is 12.6 Å². The van der Waals surface area contributed by atoms with E-state index in [0.29, 0.717) is 23.6 Å². The van der Waals surface area contributed by atoms with Crippen molar-refractivity contribution < 1.29 is 22.9 Å². The molecular weight excluding hydrogens is 556 g/mol. The first kappa shape index (κ1) is 30.6. The highest BCUT2D eigenvalue weighted by molar-refractivity contribution is 7.92. The molecule has 3 aromatic rings. The molecular formula is C28H31ClN4O6S. The van der Waals surface area contributed by atoms with E-state index < -0.39 is 39.3 Å². The lowest BCUT2D eigenvalue weighted by molar-refractivity contribution is -0.384. The molecule has 0 spiro atoms. The van der Waals surface area contributed by atoms with E-state index in [1.165, 1.54) is 23.1 Å². The molecule has 0 aliphatic rings. The lowest BCUT2D eigenvalue weighted by Gasteiger charge is -2.33. The molecule has 3 aromatic carbocycles. The third-order valence-corrected chi connectivity index (χ3v) is 7.64. The Kier molecular flexibility index (Phi) is 10.6. The summed E-state index contributed by atoms with van der Waals surface area (Å²) in [6, 6.07) is 20.1. The fourth-order valence-electron chi connectivity index (χ4n) is 4.11. The molecule has 0 bridgehead atoms. The highest BCUT2D eigenvalue weighted by Crippen LogP contribution is 2.25. The molecule has 0 aliphatic carbocycles. The van der Waals surface area contributed by atoms with Crippen molar-refractivity contribution in [3.05, 3.63) is 105 Å². The molecule has 0 unspecified atom stereocenters. The van der Waals surface area contributed by atoms with Crippen molar-refractivity contribution in [2.24, 2.45) is 0 Å². The second-order valence-corrected chi connectivity index (χ2v) is 11.5. The summed E-state index contributed by atoms with van der Waals surface area (Å²) in [6.45, 7) is 1.54. The molecule has 0 saturated heterocycles. The van der Waals surface area contributed by atoms with Crippen LogP contribution in [0.2, 0.25) is 5.02 Å². The van der Waals surface area contributed by atoms with Gasteiger partial charge in [0.05, 0.1) is 16.9 Å². The Balaban J connectivity index is 2.07. The van der Waals surface area contributed by atoms with Crippen LogP contribution in [-0.2, 0) is 32.6 Å². The van der Waals surface area contributed by atoms with Gasteiger partial charge >= 0.3 is 0 Å². The van der Waals surface area contributed by atoms with Crippen LogP contribution in [0.15, 0.2) is 78.9 Å². The maximum atomic E-state index is 14.0. The first-order valence-corrected chi connectivity index (χ1v) is 14.8. The molecule has 12 heteroatoms. The van der Waals surface area contributed by atoms with Crippen LogP contribution in [0.3, 0.4) is 0 Å². The van der Waals surface area contributed by atoms with Gasteiger partial charge in [-0.15, -0.1) is 0 Å². The van der Waals surface area contributed by atoms with Crippen molar-refractivity contribution in [3.63, 3.8) is 0 Å². The molecule has 212 valence electrons. The van der Waals surface area contributed by atoms with Crippen LogP contribution < -0.4 is 9.62 Å². The predicted octanol–water partition coefficient (Wildman–Crippen LogP) is 4.18. The molecule has 0 heterocycles. The molecule has 2 amide bonds. The smallest absolute Gasteiger partial charge is 0.271 e. The molecule has 0 fully saturated rings. The second-order valence-electron chi connectivity index (χ2n) is 9.16. The summed E-state index contributed by atoms with van der Waals surface area (Å²) in [5.74, 6) is -1.07. The van der Waals surface area contributed by atoms with Crippen molar-refractivity contribution in [2.45, 2.75) is 32.4 Å². The zero-order valence-electron chi connectivity index (χ0n) is 22.2. The Hall–Kier alpha value is -3.96. The first-order valence-electron chi connectivity index (χ1n) is 12.6. The van der Waals surface area contributed by atoms with Gasteiger partial charge in [0.15, 0.2) is 0 Å². The van der Waals surface area contributed by atoms with Crippen LogP contribution in [-0.4, -0.2) is 55.4 Å². The number of hydrogen-bond donors (Lipinski definition) is 1. The van der Waals surface area contributed by atoms with Crippen LogP contribution in [0.5, 0.6) is 0 Å². The molecule has 0 saturated carbocycles. The third-order valence-electron chi connectivity index (χ3n) is 6.13. The van der Waals surface area contributed by atoms with Crippen LogP contribution in [0.1, 0.15) is 24.5 Å². The van der Waals surface area contributed by atoms with E-state index >= 15 is 0 Å². The minimum absolute atomic E-state index is 0.0437. The number of nitrogens with one attached hydrogen (secondary N) is 1. The highest BCUT2D eigenvalue weighted by atomic mass is 35.5. The Morgan fingerprint density at radius 3 is 2.33 bits per heavy atom. The van der Waals surface area contributed by atoms with Crippen LogP contribution in [0.4, 0.5) is 11.4 Å². The average molecular weight is 587 g/mol. The topological polar surface area (TPSA) is 130 Å². The van der Waals surface area contributed by atoms with Gasteiger partial charge in [-0.3, -0.25) is 24.0 Å². The van der Waals surface area contributed by atoms with E-state index in [2.05, 4.69) is 5.32 Å². The summed E-state index contributed by atoms with van der Waals surface area (Å²) in [5.41, 5.74) is 1.00. The monoisotopic (exact) mass is 586 g/mol. The van der Waals surface area contributed by atoms with Crippen molar-refractivity contribution in [3.8, 4) is 0 Å². The van der Waals surface area contributed by atoms with E-state index in [1.54, 1.807) is 24.3 Å². The van der Waals surface area contributed by atoms with Gasteiger partial charge in [0.25, 0.3) is 5.69 Å². The fraction of sp³-hybridized carbons (Fsp3) is 0.286. The lowest BCUT2D eigenvalue weighted by Crippen LogP contribution is -2.53. The number of carbonyl (C=O) groups excluding carboxylic acids is 2. The van der Waals surface area contributed by atoms with Crippen LogP contribution >= 0.6 is 11.6 Å². The number of benzene rings is 3. The predicted molar refractivity (Wildman–Crippen MR) is 155 cm³/mol. The summed E-state index contributed by atoms with van der Waals surface area (Å²) in [7, 11) is -4.05. The summed E-state index contributed by atoms with van der Waals surface area (Å²) < 4.78 is 26.4. The van der Waals surface area contributed by atoms with Gasteiger partial charge in [-0.25, -0.2) is 8.42 Å². The van der Waals surface area contributed by atoms with E-state index in [0.717, 1.165) is 22.2 Å². The summed E-state index contributed by atoms with van der Waals surface area (Å²) >= 11 is 6.41. The molecule has 1 atom stereocenters. The highest BCUT2D eigenvalue weighted by Gasteiger charge is 2.33. The number of sulfonamides is 1. The molecule has 1 N–H and O–H groups in total. The normalized spacial score (nSPS) is 11.9. The molecule has 0 aromatic heterocycles. The number of non-ortho nitro benzene ring substituents is 1. The van der Waals surface area contributed by atoms with Gasteiger partial charge < -0.3 is 10.2 Å². The SMILES string of the molecule is CCCNC(=O)[C@H](Cc1ccccc1)N(Cc1ccccc1Cl)C(=O)CN(c1cccc([N+](=O)[O-])c1)S(C)(=O)=O. The van der Waals surface area contributed by atoms with E-state index in [4.69, 9.17) is 11.6 Å². The second kappa shape index (κ2) is 13.9. The third kappa shape index (κ3) is 8.27. The van der Waals surface area contributed by atoms with Crippen molar-refractivity contribution >= 4 is 44.8 Å². The van der Waals surface area contributed by atoms with Crippen molar-refractivity contribution in [2.75, 3.05) is 23.7 Å². The molecule has 0 radical (unpaired) electrons. The Bertz CT molecular complexity index is 1450. The maximum absolute atomic E-state index is 14.0. The number of halogens is 1. The van der Waals surface area contributed by atoms with Crippen molar-refractivity contribution in [1.82, 2.24) is 10.2 Å². The van der Waals surface area contributed by atoms with E-state index in [9.17, 15) is 28.1 Å². The summed E-state index contributed by atoms with van der Waals surface area (Å²) in [5, 5.41) is 14.6. The zero-order chi connectivity index (χ0) is 29.3. The number of nitrogens with zero attached hydrogens (tertiary/aromatic N) is 3. The number of nitro groups is 1. The number of anilines is 1. The van der Waals surface area contributed by atoms with Crippen LogP contribution in [0.25, 0.3) is 0 Å². The lowest BCUT2D eigenvalue weighted by atomic mass is 10.0. The molecule has 0 aliphatic heterocycles. The molecule has 10 nitrogen and oxygen atoms in total. The number of rotatable bonds is 13. The number of hydrogen-bond acceptors (Lipinski definition) is 6. The average Bonchev–Trinajstić information content (AvgIpc) is 2.93. The Morgan fingerprint density at radius 1 is 1.02 bits per heavy atom. The largest absolute Gasteiger partial charge is 0.354 e. The van der Waals surface area contributed by atoms with Crippen LogP contribution in [0, 0.1) is 10.1 Å². The van der Waals surface area contributed by atoms with Gasteiger partial charge in [-0.2, -0.15) is 0 Å². The zero-order valence-corrected chi connectivity index (χ0v) is 23.8. The number of amides is 2. The van der Waals surface area contributed by atoms with Gasteiger partial charge in [-0.05, 0) is 29.7 Å². The first-order chi connectivity index (χ1) is 19.0. The Morgan fingerprint density at radius 2 is 1.70 bits per heavy atom. The quantitative estimate of drug-likeness (QED) is 0.236. The minimum Gasteiger partial charge on any atom is -0.354 e. The summed E-state index contributed by atoms with van der Waals surface area (Å²) in [4.78, 5) is 39.4. The van der Waals surface area contributed by atoms with E-state index in [1.807, 2.05) is 37.3 Å². The van der Waals surface area contributed by atoms with E-state index in [-0.39, 0.29) is 24.3 Å². The van der Waals surface area contributed by atoms with Gasteiger partial charge in [0, 0.05) is 36.7 Å². The Labute approximate surface area is 238 Å².